The highest BCUT2D eigenvalue weighted by Gasteiger charge is 2.19. The van der Waals surface area contributed by atoms with E-state index >= 15 is 0 Å². The number of rotatable bonds is 51. The number of hydrogen-bond acceptors (Lipinski definition) is 6. The molecule has 410 valence electrons. The van der Waals surface area contributed by atoms with Crippen LogP contribution in [0.1, 0.15) is 239 Å². The van der Waals surface area contributed by atoms with E-state index in [-0.39, 0.29) is 37.5 Å². The maximum atomic E-state index is 12.9. The molecule has 0 bridgehead atoms. The van der Waals surface area contributed by atoms with E-state index in [1.807, 2.05) is 0 Å². The van der Waals surface area contributed by atoms with Crippen molar-refractivity contribution in [3.63, 3.8) is 0 Å². The Morgan fingerprint density at radius 1 is 0.274 bits per heavy atom. The third kappa shape index (κ3) is 58.1. The molecule has 0 N–H and O–H groups in total. The van der Waals surface area contributed by atoms with Gasteiger partial charge >= 0.3 is 17.9 Å². The summed E-state index contributed by atoms with van der Waals surface area (Å²) < 4.78 is 16.8. The summed E-state index contributed by atoms with van der Waals surface area (Å²) in [4.78, 5) is 38.2. The molecule has 0 aromatic rings. The number of ether oxygens (including phenoxy) is 3. The molecule has 0 amide bonds. The van der Waals surface area contributed by atoms with Gasteiger partial charge in [-0.25, -0.2) is 0 Å². The fraction of sp³-hybridized carbons (Fsp3) is 0.597. The number of hydrogen-bond donors (Lipinski definition) is 0. The summed E-state index contributed by atoms with van der Waals surface area (Å²) in [5.41, 5.74) is 0. The van der Waals surface area contributed by atoms with Gasteiger partial charge < -0.3 is 14.2 Å². The fourth-order valence-electron chi connectivity index (χ4n) is 7.53. The molecule has 0 saturated carbocycles. The van der Waals surface area contributed by atoms with Crippen molar-refractivity contribution in [3.05, 3.63) is 146 Å². The van der Waals surface area contributed by atoms with Gasteiger partial charge in [-0.15, -0.1) is 0 Å². The van der Waals surface area contributed by atoms with E-state index in [0.29, 0.717) is 19.3 Å². The quantitative estimate of drug-likeness (QED) is 0.0261. The number of carbonyl (C=O) groups is 3. The van der Waals surface area contributed by atoms with Crippen LogP contribution in [-0.2, 0) is 28.6 Å². The minimum absolute atomic E-state index is 0.109. The van der Waals surface area contributed by atoms with Crippen LogP contribution in [0.3, 0.4) is 0 Å². The summed E-state index contributed by atoms with van der Waals surface area (Å²) >= 11 is 0. The van der Waals surface area contributed by atoms with Gasteiger partial charge in [0.2, 0.25) is 0 Å². The molecular formula is C67H106O6. The first-order valence-corrected chi connectivity index (χ1v) is 29.3. The van der Waals surface area contributed by atoms with E-state index in [0.717, 1.165) is 141 Å². The highest BCUT2D eigenvalue weighted by Crippen LogP contribution is 2.14. The largest absolute Gasteiger partial charge is 0.462 e. The van der Waals surface area contributed by atoms with E-state index in [9.17, 15) is 14.4 Å². The SMILES string of the molecule is CC/C=C\C/C=C\C/C=C\C/C=C\CCCCCCCCCCCCC(=O)OCC(COC(=O)CCCC/C=C\C/C=C\C/C=C\C/C=C\CC)OC(=O)CCCCCC/C=C\C/C=C\C/C=C\C/C=C\CC. The monoisotopic (exact) mass is 1010 g/mol. The Morgan fingerprint density at radius 2 is 0.493 bits per heavy atom. The van der Waals surface area contributed by atoms with Gasteiger partial charge in [0.15, 0.2) is 6.10 Å². The first-order chi connectivity index (χ1) is 36.0. The first kappa shape index (κ1) is 68.3. The van der Waals surface area contributed by atoms with Crippen molar-refractivity contribution in [2.45, 2.75) is 245 Å². The van der Waals surface area contributed by atoms with E-state index in [1.54, 1.807) is 0 Å². The standard InChI is InChI=1S/C67H106O6/c1-4-7-10-13-16-19-22-25-28-30-31-32-33-34-35-37-39-42-45-48-51-54-57-60-66(69)72-63-64(62-71-65(68)59-56-53-50-47-44-41-38-27-24-21-18-15-12-9-6-3)73-67(70)61-58-55-52-49-46-43-40-36-29-26-23-20-17-14-11-8-5-2/h7-12,16-21,25-29,31-32,38,40,43-44,47,64H,4-6,13-15,22-24,30,33-37,39,41-42,45-46,48-63H2,1-3H3/b10-7-,11-8-,12-9-,19-16-,20-17-,21-18-,28-25-,29-26-,32-31-,38-27-,43-40-,47-44-. The zero-order valence-electron chi connectivity index (χ0n) is 46.8. The van der Waals surface area contributed by atoms with Crippen molar-refractivity contribution in [1.29, 1.82) is 0 Å². The van der Waals surface area contributed by atoms with Crippen molar-refractivity contribution < 1.29 is 28.6 Å². The maximum absolute atomic E-state index is 12.9. The minimum Gasteiger partial charge on any atom is -0.462 e. The molecule has 0 saturated heterocycles. The molecule has 0 aromatic carbocycles. The topological polar surface area (TPSA) is 78.9 Å². The van der Waals surface area contributed by atoms with Gasteiger partial charge in [0.25, 0.3) is 0 Å². The van der Waals surface area contributed by atoms with Crippen molar-refractivity contribution in [3.8, 4) is 0 Å². The van der Waals surface area contributed by atoms with Crippen LogP contribution in [0.2, 0.25) is 0 Å². The zero-order valence-corrected chi connectivity index (χ0v) is 46.8. The van der Waals surface area contributed by atoms with Crippen molar-refractivity contribution in [2.75, 3.05) is 13.2 Å². The molecule has 0 rings (SSSR count). The van der Waals surface area contributed by atoms with Crippen LogP contribution < -0.4 is 0 Å². The van der Waals surface area contributed by atoms with E-state index in [4.69, 9.17) is 14.2 Å². The van der Waals surface area contributed by atoms with E-state index < -0.39 is 6.10 Å². The lowest BCUT2D eigenvalue weighted by molar-refractivity contribution is -0.167. The maximum Gasteiger partial charge on any atom is 0.306 e. The fourth-order valence-corrected chi connectivity index (χ4v) is 7.53. The summed E-state index contributed by atoms with van der Waals surface area (Å²) in [6.07, 6.45) is 85.6. The van der Waals surface area contributed by atoms with Crippen LogP contribution in [0.25, 0.3) is 0 Å². The van der Waals surface area contributed by atoms with Crippen LogP contribution in [0.15, 0.2) is 146 Å². The molecule has 73 heavy (non-hydrogen) atoms. The molecule has 0 aliphatic rings. The highest BCUT2D eigenvalue weighted by atomic mass is 16.6. The van der Waals surface area contributed by atoms with E-state index in [1.165, 1.54) is 51.4 Å². The smallest absolute Gasteiger partial charge is 0.306 e. The Labute approximate surface area is 448 Å². The average molecular weight is 1010 g/mol. The van der Waals surface area contributed by atoms with Crippen LogP contribution in [0.5, 0.6) is 0 Å². The Morgan fingerprint density at radius 3 is 0.795 bits per heavy atom. The van der Waals surface area contributed by atoms with Gasteiger partial charge in [-0.2, -0.15) is 0 Å². The molecule has 1 unspecified atom stereocenters. The lowest BCUT2D eigenvalue weighted by atomic mass is 10.1. The van der Waals surface area contributed by atoms with Gasteiger partial charge in [0.05, 0.1) is 0 Å². The highest BCUT2D eigenvalue weighted by molar-refractivity contribution is 5.71. The average Bonchev–Trinajstić information content (AvgIpc) is 3.39. The van der Waals surface area contributed by atoms with Crippen molar-refractivity contribution >= 4 is 17.9 Å². The zero-order chi connectivity index (χ0) is 52.9. The second kappa shape index (κ2) is 59.8. The molecule has 0 radical (unpaired) electrons. The van der Waals surface area contributed by atoms with Crippen LogP contribution in [0.4, 0.5) is 0 Å². The van der Waals surface area contributed by atoms with Crippen LogP contribution in [-0.4, -0.2) is 37.2 Å². The third-order valence-electron chi connectivity index (χ3n) is 11.8. The predicted octanol–water partition coefficient (Wildman–Crippen LogP) is 20.0. The Kier molecular flexibility index (Phi) is 56.0. The number of allylic oxidation sites excluding steroid dienone is 24. The second-order valence-electron chi connectivity index (χ2n) is 18.8. The minimum atomic E-state index is -0.817. The molecule has 0 aliphatic carbocycles. The summed E-state index contributed by atoms with van der Waals surface area (Å²) in [6.45, 7) is 6.23. The first-order valence-electron chi connectivity index (χ1n) is 29.3. The van der Waals surface area contributed by atoms with Crippen molar-refractivity contribution in [1.82, 2.24) is 0 Å². The van der Waals surface area contributed by atoms with Gasteiger partial charge in [-0.3, -0.25) is 14.4 Å². The lowest BCUT2D eigenvalue weighted by Crippen LogP contribution is -2.30. The van der Waals surface area contributed by atoms with Gasteiger partial charge in [-0.1, -0.05) is 231 Å². The molecule has 0 aliphatic heterocycles. The molecule has 6 heteroatoms. The number of carbonyl (C=O) groups excluding carboxylic acids is 3. The normalized spacial score (nSPS) is 13.2. The number of esters is 3. The molecule has 1 atom stereocenters. The summed E-state index contributed by atoms with van der Waals surface area (Å²) in [7, 11) is 0. The molecular weight excluding hydrogens is 901 g/mol. The van der Waals surface area contributed by atoms with E-state index in [2.05, 4.69) is 167 Å². The predicted molar refractivity (Wildman–Crippen MR) is 315 cm³/mol. The summed E-state index contributed by atoms with van der Waals surface area (Å²) in [6, 6.07) is 0. The summed E-state index contributed by atoms with van der Waals surface area (Å²) in [5, 5.41) is 0. The molecule has 0 heterocycles. The van der Waals surface area contributed by atoms with Crippen molar-refractivity contribution in [2.24, 2.45) is 0 Å². The molecule has 0 spiro atoms. The van der Waals surface area contributed by atoms with Gasteiger partial charge in [0, 0.05) is 19.3 Å². The summed E-state index contributed by atoms with van der Waals surface area (Å²) in [5.74, 6) is -0.985. The Bertz CT molecular complexity index is 1630. The number of unbranched alkanes of at least 4 members (excludes halogenated alkanes) is 16. The van der Waals surface area contributed by atoms with Gasteiger partial charge in [-0.05, 0) is 135 Å². The van der Waals surface area contributed by atoms with Crippen LogP contribution in [0, 0.1) is 0 Å². The Hall–Kier alpha value is -4.71. The van der Waals surface area contributed by atoms with Gasteiger partial charge in [0.1, 0.15) is 13.2 Å². The lowest BCUT2D eigenvalue weighted by Gasteiger charge is -2.18. The van der Waals surface area contributed by atoms with Crippen LogP contribution >= 0.6 is 0 Å². The Balaban J connectivity index is 4.47. The second-order valence-corrected chi connectivity index (χ2v) is 18.8. The molecule has 6 nitrogen and oxygen atoms in total. The third-order valence-corrected chi connectivity index (χ3v) is 11.8. The molecule has 0 aromatic heterocycles. The molecule has 0 fully saturated rings.